The Morgan fingerprint density at radius 1 is 1.69 bits per heavy atom. The molecule has 1 fully saturated rings. The second kappa shape index (κ2) is 3.47. The Morgan fingerprint density at radius 2 is 2.54 bits per heavy atom. The molecule has 0 aromatic carbocycles. The van der Waals surface area contributed by atoms with Gasteiger partial charge in [0.25, 0.3) is 0 Å². The zero-order chi connectivity index (χ0) is 9.26. The third-order valence-corrected chi connectivity index (χ3v) is 2.47. The van der Waals surface area contributed by atoms with Crippen LogP contribution in [0.15, 0.2) is 12.3 Å². The summed E-state index contributed by atoms with van der Waals surface area (Å²) in [5.41, 5.74) is 1.04. The Kier molecular flexibility index (Phi) is 2.33. The van der Waals surface area contributed by atoms with Crippen LogP contribution in [0.25, 0.3) is 0 Å². The smallest absolute Gasteiger partial charge is 0.103 e. The fourth-order valence-corrected chi connectivity index (χ4v) is 1.64. The van der Waals surface area contributed by atoms with E-state index in [0.717, 1.165) is 18.7 Å². The molecule has 2 heterocycles. The average Bonchev–Trinajstić information content (AvgIpc) is 2.71. The normalized spacial score (nSPS) is 28.2. The van der Waals surface area contributed by atoms with Crippen molar-refractivity contribution in [2.75, 3.05) is 13.7 Å². The Hall–Kier alpha value is -0.870. The topological polar surface area (TPSA) is 39.1 Å². The third-order valence-electron chi connectivity index (χ3n) is 2.47. The Morgan fingerprint density at radius 3 is 3.08 bits per heavy atom. The van der Waals surface area contributed by atoms with Crippen LogP contribution in [0.2, 0.25) is 0 Å². The van der Waals surface area contributed by atoms with Gasteiger partial charge in [0.1, 0.15) is 6.10 Å². The van der Waals surface area contributed by atoms with Crippen LogP contribution >= 0.6 is 0 Å². The molecule has 0 aliphatic carbocycles. The minimum absolute atomic E-state index is 0.179. The van der Waals surface area contributed by atoms with Crippen molar-refractivity contribution in [3.63, 3.8) is 0 Å². The van der Waals surface area contributed by atoms with Crippen molar-refractivity contribution in [3.05, 3.63) is 18.0 Å². The van der Waals surface area contributed by atoms with Gasteiger partial charge in [-0.15, -0.1) is 0 Å². The molecule has 0 radical (unpaired) electrons. The number of aromatic nitrogens is 2. The maximum atomic E-state index is 5.62. The number of nitrogens with zero attached hydrogens (tertiary/aromatic N) is 2. The highest BCUT2D eigenvalue weighted by atomic mass is 16.5. The Labute approximate surface area is 77.9 Å². The van der Waals surface area contributed by atoms with Crippen molar-refractivity contribution in [1.82, 2.24) is 15.1 Å². The molecule has 13 heavy (non-hydrogen) atoms. The van der Waals surface area contributed by atoms with E-state index in [1.165, 1.54) is 0 Å². The van der Waals surface area contributed by atoms with Gasteiger partial charge in [-0.05, 0) is 19.5 Å². The highest BCUT2D eigenvalue weighted by Crippen LogP contribution is 2.26. The van der Waals surface area contributed by atoms with E-state index < -0.39 is 0 Å². The largest absolute Gasteiger partial charge is 0.370 e. The van der Waals surface area contributed by atoms with E-state index >= 15 is 0 Å². The molecule has 0 bridgehead atoms. The van der Waals surface area contributed by atoms with Crippen molar-refractivity contribution in [2.24, 2.45) is 7.05 Å². The van der Waals surface area contributed by atoms with Gasteiger partial charge in [0.05, 0.1) is 12.3 Å². The van der Waals surface area contributed by atoms with Crippen molar-refractivity contribution in [3.8, 4) is 0 Å². The predicted octanol–water partition coefficient (Wildman–Crippen LogP) is 0.469. The molecule has 1 saturated heterocycles. The van der Waals surface area contributed by atoms with Gasteiger partial charge in [0.2, 0.25) is 0 Å². The molecule has 1 N–H and O–H groups in total. The lowest BCUT2D eigenvalue weighted by atomic mass is 10.1. The first kappa shape index (κ1) is 8.72. The minimum Gasteiger partial charge on any atom is -0.370 e. The van der Waals surface area contributed by atoms with Crippen LogP contribution in [0.3, 0.4) is 0 Å². The van der Waals surface area contributed by atoms with Crippen LogP contribution < -0.4 is 5.32 Å². The van der Waals surface area contributed by atoms with Gasteiger partial charge in [0.15, 0.2) is 0 Å². The van der Waals surface area contributed by atoms with Crippen LogP contribution in [0.1, 0.15) is 18.2 Å². The van der Waals surface area contributed by atoms with Gasteiger partial charge in [-0.3, -0.25) is 4.68 Å². The van der Waals surface area contributed by atoms with Gasteiger partial charge in [0, 0.05) is 19.3 Å². The molecule has 0 amide bonds. The molecule has 1 aliphatic rings. The van der Waals surface area contributed by atoms with Crippen molar-refractivity contribution in [2.45, 2.75) is 18.6 Å². The molecule has 72 valence electrons. The van der Waals surface area contributed by atoms with Crippen LogP contribution in [0, 0.1) is 0 Å². The summed E-state index contributed by atoms with van der Waals surface area (Å²) in [6.45, 7) is 0.789. The van der Waals surface area contributed by atoms with Gasteiger partial charge in [-0.2, -0.15) is 5.10 Å². The summed E-state index contributed by atoms with van der Waals surface area (Å²) in [6, 6.07) is 2.50. The molecule has 2 atom stereocenters. The van der Waals surface area contributed by atoms with E-state index in [4.69, 9.17) is 4.74 Å². The average molecular weight is 181 g/mol. The summed E-state index contributed by atoms with van der Waals surface area (Å²) in [4.78, 5) is 0. The molecule has 2 rings (SSSR count). The van der Waals surface area contributed by atoms with E-state index in [-0.39, 0.29) is 6.10 Å². The Bertz CT molecular complexity index is 284. The second-order valence-electron chi connectivity index (χ2n) is 3.46. The lowest BCUT2D eigenvalue weighted by Crippen LogP contribution is -2.24. The van der Waals surface area contributed by atoms with Crippen LogP contribution in [0.5, 0.6) is 0 Å². The van der Waals surface area contributed by atoms with Crippen molar-refractivity contribution in [1.29, 1.82) is 0 Å². The van der Waals surface area contributed by atoms with Crippen molar-refractivity contribution < 1.29 is 4.74 Å². The lowest BCUT2D eigenvalue weighted by Gasteiger charge is -2.05. The molecule has 4 heteroatoms. The summed E-state index contributed by atoms with van der Waals surface area (Å²) in [5.74, 6) is 0. The SMILES string of the molecule is CNC1COC(c2ccn(C)n2)C1. The minimum atomic E-state index is 0.179. The first-order valence-electron chi connectivity index (χ1n) is 4.58. The second-order valence-corrected chi connectivity index (χ2v) is 3.46. The quantitative estimate of drug-likeness (QED) is 0.721. The van der Waals surface area contributed by atoms with Gasteiger partial charge >= 0.3 is 0 Å². The first-order chi connectivity index (χ1) is 6.29. The van der Waals surface area contributed by atoms with Crippen molar-refractivity contribution >= 4 is 0 Å². The van der Waals surface area contributed by atoms with E-state index in [2.05, 4.69) is 10.4 Å². The zero-order valence-corrected chi connectivity index (χ0v) is 8.03. The van der Waals surface area contributed by atoms with E-state index in [9.17, 15) is 0 Å². The van der Waals surface area contributed by atoms with Gasteiger partial charge in [-0.25, -0.2) is 0 Å². The van der Waals surface area contributed by atoms with Gasteiger partial charge in [-0.1, -0.05) is 0 Å². The lowest BCUT2D eigenvalue weighted by molar-refractivity contribution is 0.106. The third kappa shape index (κ3) is 1.73. The summed E-state index contributed by atoms with van der Waals surface area (Å²) in [5, 5.41) is 7.54. The standard InChI is InChI=1S/C9H15N3O/c1-10-7-5-9(13-6-7)8-3-4-12(2)11-8/h3-4,7,9-10H,5-6H2,1-2H3. The number of hydrogen-bond donors (Lipinski definition) is 1. The number of aryl methyl sites for hydroxylation is 1. The summed E-state index contributed by atoms with van der Waals surface area (Å²) >= 11 is 0. The zero-order valence-electron chi connectivity index (χ0n) is 8.03. The molecule has 1 aromatic heterocycles. The summed E-state index contributed by atoms with van der Waals surface area (Å²) in [7, 11) is 3.89. The molecule has 0 saturated carbocycles. The first-order valence-corrected chi connectivity index (χ1v) is 4.58. The number of rotatable bonds is 2. The predicted molar refractivity (Wildman–Crippen MR) is 49.4 cm³/mol. The molecule has 0 spiro atoms. The number of ether oxygens (including phenoxy) is 1. The molecular formula is C9H15N3O. The maximum Gasteiger partial charge on any atom is 0.103 e. The van der Waals surface area contributed by atoms with E-state index in [1.54, 1.807) is 0 Å². The number of nitrogens with one attached hydrogen (secondary N) is 1. The van der Waals surface area contributed by atoms with Gasteiger partial charge < -0.3 is 10.1 Å². The molecule has 1 aromatic rings. The molecule has 1 aliphatic heterocycles. The highest BCUT2D eigenvalue weighted by molar-refractivity contribution is 5.05. The fraction of sp³-hybridized carbons (Fsp3) is 0.667. The fourth-order valence-electron chi connectivity index (χ4n) is 1.64. The molecular weight excluding hydrogens is 166 g/mol. The maximum absolute atomic E-state index is 5.62. The summed E-state index contributed by atoms with van der Waals surface area (Å²) < 4.78 is 7.43. The van der Waals surface area contributed by atoms with E-state index in [0.29, 0.717) is 6.04 Å². The summed E-state index contributed by atoms with van der Waals surface area (Å²) in [6.07, 6.45) is 3.15. The van der Waals surface area contributed by atoms with Crippen LogP contribution in [-0.2, 0) is 11.8 Å². The van der Waals surface area contributed by atoms with Crippen LogP contribution in [0.4, 0.5) is 0 Å². The number of likely N-dealkylation sites (N-methyl/N-ethyl adjacent to an activating group) is 1. The monoisotopic (exact) mass is 181 g/mol. The molecule has 2 unspecified atom stereocenters. The Balaban J connectivity index is 2.03. The number of hydrogen-bond acceptors (Lipinski definition) is 3. The highest BCUT2D eigenvalue weighted by Gasteiger charge is 2.26. The molecule has 4 nitrogen and oxygen atoms in total. The van der Waals surface area contributed by atoms with E-state index in [1.807, 2.05) is 31.0 Å². The van der Waals surface area contributed by atoms with Crippen LogP contribution in [-0.4, -0.2) is 29.5 Å².